The first-order valence-corrected chi connectivity index (χ1v) is 6.86. The van der Waals surface area contributed by atoms with Crippen molar-refractivity contribution in [2.45, 2.75) is 32.4 Å². The predicted octanol–water partition coefficient (Wildman–Crippen LogP) is 0.476. The number of carbonyl (C=O) groups is 2. The minimum atomic E-state index is -0.508. The molecule has 0 aliphatic heterocycles. The number of nitrogens with zero attached hydrogens (tertiary/aromatic N) is 3. The fourth-order valence-corrected chi connectivity index (χ4v) is 1.99. The second kappa shape index (κ2) is 8.14. The quantitative estimate of drug-likeness (QED) is 0.822. The maximum absolute atomic E-state index is 12.4. The molecule has 0 spiro atoms. The van der Waals surface area contributed by atoms with Gasteiger partial charge in [-0.05, 0) is 27.8 Å². The van der Waals surface area contributed by atoms with Crippen LogP contribution < -0.4 is 10.6 Å². The number of nitrogens with one attached hydrogen (secondary N) is 2. The maximum Gasteiger partial charge on any atom is 0.244 e. The van der Waals surface area contributed by atoms with Crippen molar-refractivity contribution in [2.75, 3.05) is 20.6 Å². The van der Waals surface area contributed by atoms with E-state index in [0.29, 0.717) is 0 Å². The molecule has 2 N–H and O–H groups in total. The predicted molar refractivity (Wildman–Crippen MR) is 87.8 cm³/mol. The average molecular weight is 332 g/mol. The van der Waals surface area contributed by atoms with Crippen molar-refractivity contribution in [3.05, 3.63) is 18.0 Å². The molecule has 2 amide bonds. The summed E-state index contributed by atoms with van der Waals surface area (Å²) in [5.41, 5.74) is 0.459. The first-order valence-electron chi connectivity index (χ1n) is 6.86. The third-order valence-electron chi connectivity index (χ3n) is 2.87. The maximum atomic E-state index is 12.4. The van der Waals surface area contributed by atoms with Crippen molar-refractivity contribution in [3.8, 4) is 0 Å². The Morgan fingerprint density at radius 2 is 2.00 bits per heavy atom. The number of rotatable bonds is 5. The van der Waals surface area contributed by atoms with Crippen molar-refractivity contribution in [2.24, 2.45) is 7.05 Å². The largest absolute Gasteiger partial charge is 0.350 e. The van der Waals surface area contributed by atoms with Gasteiger partial charge in [0.05, 0.1) is 12.7 Å². The smallest absolute Gasteiger partial charge is 0.244 e. The Kier molecular flexibility index (Phi) is 7.55. The SMILES string of the molecule is CNC(C(=O)N(C)CC(=O)NC(C)(C)C)c1cnn(C)c1.Cl. The Morgan fingerprint density at radius 3 is 2.41 bits per heavy atom. The molecule has 1 aromatic rings. The minimum absolute atomic E-state index is 0. The van der Waals surface area contributed by atoms with Crippen LogP contribution in [0.1, 0.15) is 32.4 Å². The van der Waals surface area contributed by atoms with Gasteiger partial charge in [-0.25, -0.2) is 0 Å². The van der Waals surface area contributed by atoms with Crippen LogP contribution in [-0.2, 0) is 16.6 Å². The van der Waals surface area contributed by atoms with Gasteiger partial charge in [0.25, 0.3) is 0 Å². The van der Waals surface area contributed by atoms with Crippen molar-refractivity contribution in [1.82, 2.24) is 25.3 Å². The molecule has 7 nitrogen and oxygen atoms in total. The second-order valence-electron chi connectivity index (χ2n) is 6.16. The first kappa shape index (κ1) is 20.4. The Labute approximate surface area is 137 Å². The van der Waals surface area contributed by atoms with Crippen molar-refractivity contribution >= 4 is 24.2 Å². The number of carbonyl (C=O) groups excluding carboxylic acids is 2. The van der Waals surface area contributed by atoms with Gasteiger partial charge < -0.3 is 15.5 Å². The van der Waals surface area contributed by atoms with Crippen LogP contribution >= 0.6 is 12.4 Å². The summed E-state index contributed by atoms with van der Waals surface area (Å²) >= 11 is 0. The van der Waals surface area contributed by atoms with Crippen LogP contribution in [0.25, 0.3) is 0 Å². The molecular weight excluding hydrogens is 306 g/mol. The van der Waals surface area contributed by atoms with Crippen LogP contribution in [0, 0.1) is 0 Å². The number of aryl methyl sites for hydroxylation is 1. The third kappa shape index (κ3) is 6.03. The monoisotopic (exact) mass is 331 g/mol. The molecule has 22 heavy (non-hydrogen) atoms. The van der Waals surface area contributed by atoms with Crippen LogP contribution in [0.4, 0.5) is 0 Å². The summed E-state index contributed by atoms with van der Waals surface area (Å²) in [7, 11) is 5.12. The molecule has 0 aromatic carbocycles. The standard InChI is InChI=1S/C14H25N5O2.ClH/c1-14(2,3)17-11(20)9-18(5)13(21)12(15-4)10-7-16-19(6)8-10;/h7-8,12,15H,9H2,1-6H3,(H,17,20);1H. The number of amides is 2. The summed E-state index contributed by atoms with van der Waals surface area (Å²) in [6.07, 6.45) is 3.42. The first-order chi connectivity index (χ1) is 9.64. The zero-order valence-corrected chi connectivity index (χ0v) is 14.8. The lowest BCUT2D eigenvalue weighted by Gasteiger charge is -2.25. The fraction of sp³-hybridized carbons (Fsp3) is 0.643. The van der Waals surface area contributed by atoms with E-state index in [9.17, 15) is 9.59 Å². The van der Waals surface area contributed by atoms with E-state index in [2.05, 4.69) is 15.7 Å². The Hall–Kier alpha value is -1.60. The third-order valence-corrected chi connectivity index (χ3v) is 2.87. The highest BCUT2D eigenvalue weighted by Crippen LogP contribution is 2.13. The van der Waals surface area contributed by atoms with Gasteiger partial charge in [0, 0.05) is 31.4 Å². The molecule has 1 heterocycles. The lowest BCUT2D eigenvalue weighted by molar-refractivity contribution is -0.136. The second-order valence-corrected chi connectivity index (χ2v) is 6.16. The van der Waals surface area contributed by atoms with E-state index in [1.165, 1.54) is 4.90 Å². The van der Waals surface area contributed by atoms with E-state index in [0.717, 1.165) is 5.56 Å². The molecule has 0 saturated carbocycles. The number of halogens is 1. The number of hydrogen-bond acceptors (Lipinski definition) is 4. The van der Waals surface area contributed by atoms with Gasteiger partial charge >= 0.3 is 0 Å². The molecule has 1 unspecified atom stereocenters. The normalized spacial score (nSPS) is 12.3. The van der Waals surface area contributed by atoms with E-state index in [-0.39, 0.29) is 36.3 Å². The molecule has 0 bridgehead atoms. The summed E-state index contributed by atoms with van der Waals surface area (Å²) < 4.78 is 1.64. The van der Waals surface area contributed by atoms with Gasteiger partial charge in [-0.15, -0.1) is 12.4 Å². The minimum Gasteiger partial charge on any atom is -0.350 e. The topological polar surface area (TPSA) is 79.3 Å². The summed E-state index contributed by atoms with van der Waals surface area (Å²) in [6.45, 7) is 5.73. The van der Waals surface area contributed by atoms with Crippen LogP contribution in [-0.4, -0.2) is 52.7 Å². The molecule has 0 fully saturated rings. The van der Waals surface area contributed by atoms with E-state index < -0.39 is 6.04 Å². The van der Waals surface area contributed by atoms with E-state index in [1.807, 2.05) is 20.8 Å². The summed E-state index contributed by atoms with van der Waals surface area (Å²) in [5.74, 6) is -0.353. The molecule has 1 rings (SSSR count). The molecule has 0 saturated heterocycles. The highest BCUT2D eigenvalue weighted by atomic mass is 35.5. The van der Waals surface area contributed by atoms with Crippen LogP contribution in [0.3, 0.4) is 0 Å². The molecule has 0 radical (unpaired) electrons. The van der Waals surface area contributed by atoms with Crippen LogP contribution in [0.15, 0.2) is 12.4 Å². The van der Waals surface area contributed by atoms with Gasteiger partial charge in [-0.1, -0.05) is 0 Å². The van der Waals surface area contributed by atoms with E-state index in [4.69, 9.17) is 0 Å². The fourth-order valence-electron chi connectivity index (χ4n) is 1.99. The van der Waals surface area contributed by atoms with E-state index >= 15 is 0 Å². The van der Waals surface area contributed by atoms with Crippen LogP contribution in [0.2, 0.25) is 0 Å². The van der Waals surface area contributed by atoms with Crippen LogP contribution in [0.5, 0.6) is 0 Å². The van der Waals surface area contributed by atoms with Crippen molar-refractivity contribution < 1.29 is 9.59 Å². The van der Waals surface area contributed by atoms with Gasteiger partial charge in [-0.3, -0.25) is 14.3 Å². The number of aromatic nitrogens is 2. The highest BCUT2D eigenvalue weighted by Gasteiger charge is 2.25. The van der Waals surface area contributed by atoms with E-state index in [1.54, 1.807) is 38.2 Å². The van der Waals surface area contributed by atoms with Gasteiger partial charge in [-0.2, -0.15) is 5.10 Å². The Bertz CT molecular complexity index is 510. The summed E-state index contributed by atoms with van der Waals surface area (Å²) in [6, 6.07) is -0.508. The lowest BCUT2D eigenvalue weighted by Crippen LogP contribution is -2.48. The Balaban J connectivity index is 0.00000441. The average Bonchev–Trinajstić information content (AvgIpc) is 2.73. The molecule has 0 aliphatic carbocycles. The summed E-state index contributed by atoms with van der Waals surface area (Å²) in [4.78, 5) is 25.7. The van der Waals surface area contributed by atoms with Gasteiger partial charge in [0.1, 0.15) is 6.04 Å². The molecule has 126 valence electrons. The summed E-state index contributed by atoms with van der Waals surface area (Å²) in [5, 5.41) is 9.86. The van der Waals surface area contributed by atoms with Gasteiger partial charge in [0.2, 0.25) is 11.8 Å². The Morgan fingerprint density at radius 1 is 1.41 bits per heavy atom. The molecule has 1 aromatic heterocycles. The highest BCUT2D eigenvalue weighted by molar-refractivity contribution is 5.88. The number of likely N-dealkylation sites (N-methyl/N-ethyl adjacent to an activating group) is 2. The van der Waals surface area contributed by atoms with Crippen molar-refractivity contribution in [1.29, 1.82) is 0 Å². The molecule has 8 heteroatoms. The number of hydrogen-bond donors (Lipinski definition) is 2. The zero-order valence-electron chi connectivity index (χ0n) is 14.0. The lowest BCUT2D eigenvalue weighted by atomic mass is 10.1. The molecule has 1 atom stereocenters. The zero-order chi connectivity index (χ0) is 16.2. The molecular formula is C14H26ClN5O2. The van der Waals surface area contributed by atoms with Gasteiger partial charge in [0.15, 0.2) is 0 Å². The molecule has 0 aliphatic rings. The van der Waals surface area contributed by atoms with Crippen molar-refractivity contribution in [3.63, 3.8) is 0 Å².